The molecule has 2 aromatic carbocycles. The monoisotopic (exact) mass is 558 g/mol. The van der Waals surface area contributed by atoms with E-state index < -0.39 is 11.6 Å². The lowest BCUT2D eigenvalue weighted by Crippen LogP contribution is -2.22. The fourth-order valence-corrected chi connectivity index (χ4v) is 6.10. The standard InChI is InChI=1S/C34H45F3O3/c1-3-5-7-21-39-28-16-17-29(31(35)22-28)25-10-8-24(9-11-25)23-40-32-19-18-30(33(36)34(32)37)26-12-14-27(15-13-26)38-20-6-4-2/h3,16-19,22,24-27H,1,4-15,20-21,23H2,2H3. The van der Waals surface area contributed by atoms with Crippen LogP contribution in [0.15, 0.2) is 43.0 Å². The molecule has 2 aromatic rings. The lowest BCUT2D eigenvalue weighted by atomic mass is 9.79. The smallest absolute Gasteiger partial charge is 0.200 e. The minimum Gasteiger partial charge on any atom is -0.493 e. The van der Waals surface area contributed by atoms with Gasteiger partial charge in [0.05, 0.1) is 19.3 Å². The van der Waals surface area contributed by atoms with Crippen molar-refractivity contribution in [1.29, 1.82) is 0 Å². The Morgan fingerprint density at radius 3 is 2.20 bits per heavy atom. The number of hydrogen-bond acceptors (Lipinski definition) is 3. The zero-order chi connectivity index (χ0) is 28.3. The van der Waals surface area contributed by atoms with E-state index in [1.807, 2.05) is 18.2 Å². The van der Waals surface area contributed by atoms with Crippen LogP contribution in [0.5, 0.6) is 11.5 Å². The largest absolute Gasteiger partial charge is 0.493 e. The van der Waals surface area contributed by atoms with Crippen molar-refractivity contribution in [2.24, 2.45) is 5.92 Å². The van der Waals surface area contributed by atoms with E-state index in [2.05, 4.69) is 13.5 Å². The average molecular weight is 559 g/mol. The summed E-state index contributed by atoms with van der Waals surface area (Å²) in [7, 11) is 0. The molecule has 6 heteroatoms. The number of benzene rings is 2. The summed E-state index contributed by atoms with van der Waals surface area (Å²) in [5.74, 6) is -0.962. The molecule has 0 N–H and O–H groups in total. The molecule has 0 spiro atoms. The van der Waals surface area contributed by atoms with Crippen molar-refractivity contribution in [2.45, 2.75) is 102 Å². The minimum absolute atomic E-state index is 0.0168. The molecule has 0 heterocycles. The fourth-order valence-electron chi connectivity index (χ4n) is 6.10. The maximum absolute atomic E-state index is 15.0. The van der Waals surface area contributed by atoms with Crippen LogP contribution in [0.3, 0.4) is 0 Å². The molecule has 3 nitrogen and oxygen atoms in total. The Morgan fingerprint density at radius 1 is 0.800 bits per heavy atom. The van der Waals surface area contributed by atoms with E-state index in [-0.39, 0.29) is 35.4 Å². The van der Waals surface area contributed by atoms with Gasteiger partial charge in [0, 0.05) is 12.7 Å². The Kier molecular flexibility index (Phi) is 11.8. The first-order valence-electron chi connectivity index (χ1n) is 15.3. The Morgan fingerprint density at radius 2 is 1.50 bits per heavy atom. The van der Waals surface area contributed by atoms with Crippen LogP contribution in [-0.2, 0) is 4.74 Å². The summed E-state index contributed by atoms with van der Waals surface area (Å²) in [5.41, 5.74) is 1.18. The lowest BCUT2D eigenvalue weighted by molar-refractivity contribution is 0.0230. The van der Waals surface area contributed by atoms with Gasteiger partial charge in [-0.2, -0.15) is 4.39 Å². The molecule has 0 bridgehead atoms. The highest BCUT2D eigenvalue weighted by atomic mass is 19.2. The molecular formula is C34H45F3O3. The van der Waals surface area contributed by atoms with Gasteiger partial charge in [0.1, 0.15) is 11.6 Å². The van der Waals surface area contributed by atoms with E-state index in [9.17, 15) is 8.78 Å². The third kappa shape index (κ3) is 8.28. The Labute approximate surface area is 238 Å². The number of halogens is 3. The lowest BCUT2D eigenvalue weighted by Gasteiger charge is -2.30. The second kappa shape index (κ2) is 15.5. The Balaban J connectivity index is 1.23. The maximum atomic E-state index is 15.0. The van der Waals surface area contributed by atoms with Crippen LogP contribution in [-0.4, -0.2) is 25.9 Å². The molecule has 40 heavy (non-hydrogen) atoms. The molecule has 0 unspecified atom stereocenters. The number of rotatable bonds is 14. The van der Waals surface area contributed by atoms with Gasteiger partial charge in [-0.25, -0.2) is 8.78 Å². The van der Waals surface area contributed by atoms with Crippen LogP contribution in [0.1, 0.15) is 107 Å². The van der Waals surface area contributed by atoms with Gasteiger partial charge >= 0.3 is 0 Å². The van der Waals surface area contributed by atoms with Gasteiger partial charge in [0.2, 0.25) is 5.82 Å². The first-order chi connectivity index (χ1) is 19.5. The quantitative estimate of drug-likeness (QED) is 0.171. The molecular weight excluding hydrogens is 513 g/mol. The minimum atomic E-state index is -0.888. The fraction of sp³-hybridized carbons (Fsp3) is 0.588. The van der Waals surface area contributed by atoms with Crippen LogP contribution in [0.25, 0.3) is 0 Å². The summed E-state index contributed by atoms with van der Waals surface area (Å²) >= 11 is 0. The van der Waals surface area contributed by atoms with Crippen LogP contribution in [0, 0.1) is 23.4 Å². The molecule has 0 aromatic heterocycles. The van der Waals surface area contributed by atoms with Gasteiger partial charge in [-0.15, -0.1) is 6.58 Å². The second-order valence-electron chi connectivity index (χ2n) is 11.5. The molecule has 2 aliphatic rings. The molecule has 220 valence electrons. The summed E-state index contributed by atoms with van der Waals surface area (Å²) in [6.07, 6.45) is 12.7. The average Bonchev–Trinajstić information content (AvgIpc) is 2.97. The summed E-state index contributed by atoms with van der Waals surface area (Å²) in [6.45, 7) is 7.49. The molecule has 0 radical (unpaired) electrons. The highest BCUT2D eigenvalue weighted by Gasteiger charge is 2.28. The van der Waals surface area contributed by atoms with Crippen molar-refractivity contribution in [1.82, 2.24) is 0 Å². The van der Waals surface area contributed by atoms with Crippen molar-refractivity contribution in [2.75, 3.05) is 19.8 Å². The van der Waals surface area contributed by atoms with E-state index in [4.69, 9.17) is 14.2 Å². The first-order valence-corrected chi connectivity index (χ1v) is 15.3. The maximum Gasteiger partial charge on any atom is 0.200 e. The van der Waals surface area contributed by atoms with E-state index in [1.54, 1.807) is 12.1 Å². The van der Waals surface area contributed by atoms with Crippen molar-refractivity contribution < 1.29 is 27.4 Å². The van der Waals surface area contributed by atoms with Crippen LogP contribution in [0.4, 0.5) is 13.2 Å². The van der Waals surface area contributed by atoms with Gasteiger partial charge in [0.15, 0.2) is 11.6 Å². The van der Waals surface area contributed by atoms with Gasteiger partial charge < -0.3 is 14.2 Å². The molecule has 0 amide bonds. The molecule has 0 aliphatic heterocycles. The van der Waals surface area contributed by atoms with Crippen LogP contribution >= 0.6 is 0 Å². The predicted octanol–water partition coefficient (Wildman–Crippen LogP) is 9.64. The van der Waals surface area contributed by atoms with Gasteiger partial charge in [0.25, 0.3) is 0 Å². The molecule has 0 atom stereocenters. The van der Waals surface area contributed by atoms with Gasteiger partial charge in [-0.1, -0.05) is 31.6 Å². The third-order valence-electron chi connectivity index (χ3n) is 8.60. The number of allylic oxidation sites excluding steroid dienone is 1. The topological polar surface area (TPSA) is 27.7 Å². The van der Waals surface area contributed by atoms with Crippen molar-refractivity contribution in [3.8, 4) is 11.5 Å². The third-order valence-corrected chi connectivity index (χ3v) is 8.60. The zero-order valence-electron chi connectivity index (χ0n) is 23.9. The van der Waals surface area contributed by atoms with E-state index in [1.165, 1.54) is 6.07 Å². The van der Waals surface area contributed by atoms with Crippen LogP contribution in [0.2, 0.25) is 0 Å². The molecule has 2 saturated carbocycles. The summed E-state index contributed by atoms with van der Waals surface area (Å²) in [4.78, 5) is 0. The van der Waals surface area contributed by atoms with Gasteiger partial charge in [-0.05, 0) is 112 Å². The first kappa shape index (κ1) is 30.5. The van der Waals surface area contributed by atoms with Crippen molar-refractivity contribution in [3.05, 3.63) is 71.6 Å². The van der Waals surface area contributed by atoms with Crippen LogP contribution < -0.4 is 9.47 Å². The highest BCUT2D eigenvalue weighted by molar-refractivity contribution is 5.34. The number of hydrogen-bond donors (Lipinski definition) is 0. The predicted molar refractivity (Wildman–Crippen MR) is 154 cm³/mol. The Bertz CT molecular complexity index is 1070. The molecule has 4 rings (SSSR count). The summed E-state index contributed by atoms with van der Waals surface area (Å²) in [5, 5.41) is 0. The SMILES string of the molecule is C=CCCCOc1ccc(C2CCC(COc3ccc(C4CCC(OCCCC)CC4)c(F)c3F)CC2)c(F)c1. The van der Waals surface area contributed by atoms with E-state index in [0.29, 0.717) is 24.5 Å². The van der Waals surface area contributed by atoms with E-state index >= 15 is 4.39 Å². The number of ether oxygens (including phenoxy) is 3. The van der Waals surface area contributed by atoms with Crippen molar-refractivity contribution >= 4 is 0 Å². The Hall–Kier alpha value is -2.47. The summed E-state index contributed by atoms with van der Waals surface area (Å²) in [6, 6.07) is 8.44. The number of unbranched alkanes of at least 4 members (excludes halogenated alkanes) is 2. The second-order valence-corrected chi connectivity index (χ2v) is 11.5. The normalized spacial score (nSPS) is 23.1. The molecule has 2 fully saturated rings. The zero-order valence-corrected chi connectivity index (χ0v) is 23.9. The van der Waals surface area contributed by atoms with Crippen molar-refractivity contribution in [3.63, 3.8) is 0 Å². The van der Waals surface area contributed by atoms with Gasteiger partial charge in [-0.3, -0.25) is 0 Å². The highest BCUT2D eigenvalue weighted by Crippen LogP contribution is 2.40. The summed E-state index contributed by atoms with van der Waals surface area (Å²) < 4.78 is 62.1. The molecule has 0 saturated heterocycles. The molecule has 2 aliphatic carbocycles. The van der Waals surface area contributed by atoms with E-state index in [0.717, 1.165) is 89.2 Å².